The van der Waals surface area contributed by atoms with Crippen molar-refractivity contribution in [3.8, 4) is 5.75 Å². The molecule has 2 heterocycles. The van der Waals surface area contributed by atoms with Crippen LogP contribution in [0.5, 0.6) is 5.75 Å². The molecule has 1 aromatic carbocycles. The van der Waals surface area contributed by atoms with Crippen LogP contribution in [0.1, 0.15) is 45.2 Å². The monoisotopic (exact) mass is 485 g/mol. The Kier molecular flexibility index (Phi) is 6.97. The molecule has 1 saturated carbocycles. The molecule has 34 heavy (non-hydrogen) atoms. The lowest BCUT2D eigenvalue weighted by atomic mass is 9.81. The van der Waals surface area contributed by atoms with E-state index in [1.54, 1.807) is 29.6 Å². The van der Waals surface area contributed by atoms with Crippen LogP contribution in [0.15, 0.2) is 29.6 Å². The lowest BCUT2D eigenvalue weighted by Crippen LogP contribution is -2.44. The third kappa shape index (κ3) is 4.42. The Bertz CT molecular complexity index is 1090. The summed E-state index contributed by atoms with van der Waals surface area (Å²) in [6.07, 6.45) is 3.22. The van der Waals surface area contributed by atoms with Crippen molar-refractivity contribution in [2.45, 2.75) is 52.2 Å². The molecule has 0 bridgehead atoms. The number of amides is 3. The summed E-state index contributed by atoms with van der Waals surface area (Å²) in [6, 6.07) is 6.11. The molecule has 2 aliphatic rings. The first-order chi connectivity index (χ1) is 16.3. The summed E-state index contributed by atoms with van der Waals surface area (Å²) >= 11 is 1.23. The number of rotatable bonds is 7. The SMILES string of the molecule is COc1ccccc1N(C(C)=O)c1nc(COC(=O)[C@H](C)N2C(=O)[C@H]3CCCC[C@@H]3C2=O)cs1. The van der Waals surface area contributed by atoms with Gasteiger partial charge >= 0.3 is 5.97 Å². The summed E-state index contributed by atoms with van der Waals surface area (Å²) in [5, 5.41) is 2.10. The quantitative estimate of drug-likeness (QED) is 0.437. The predicted octanol–water partition coefficient (Wildman–Crippen LogP) is 3.44. The molecule has 3 amide bonds. The molecule has 0 N–H and O–H groups in total. The topological polar surface area (TPSA) is 106 Å². The molecule has 1 saturated heterocycles. The third-order valence-electron chi connectivity index (χ3n) is 6.34. The Morgan fingerprint density at radius 3 is 2.44 bits per heavy atom. The number of ether oxygens (including phenoxy) is 2. The molecule has 1 aromatic heterocycles. The lowest BCUT2D eigenvalue weighted by molar-refractivity contribution is -0.159. The van der Waals surface area contributed by atoms with Gasteiger partial charge < -0.3 is 9.47 Å². The molecule has 2 fully saturated rings. The van der Waals surface area contributed by atoms with Crippen molar-refractivity contribution in [3.05, 3.63) is 35.3 Å². The molecule has 0 unspecified atom stereocenters. The number of esters is 1. The number of methoxy groups -OCH3 is 1. The second-order valence-corrected chi connectivity index (χ2v) is 9.31. The summed E-state index contributed by atoms with van der Waals surface area (Å²) in [6.45, 7) is 2.80. The van der Waals surface area contributed by atoms with E-state index in [1.807, 2.05) is 0 Å². The van der Waals surface area contributed by atoms with E-state index in [-0.39, 0.29) is 36.2 Å². The fourth-order valence-corrected chi connectivity index (χ4v) is 5.49. The number of anilines is 2. The largest absolute Gasteiger partial charge is 0.495 e. The zero-order chi connectivity index (χ0) is 24.4. The number of nitrogens with zero attached hydrogens (tertiary/aromatic N) is 3. The average Bonchev–Trinajstić information content (AvgIpc) is 3.40. The minimum atomic E-state index is -0.994. The number of carbonyl (C=O) groups excluding carboxylic acids is 4. The standard InChI is InChI=1S/C24H27N3O6S/c1-14(26-21(29)17-8-4-5-9-18(17)22(26)30)23(31)33-12-16-13-34-24(25-16)27(15(2)28)19-10-6-7-11-20(19)32-3/h6-7,10-11,13-14,17-18H,4-5,8-9,12H2,1-3H3/t14-,17-,18-/m0/s1. The van der Waals surface area contributed by atoms with E-state index in [1.165, 1.54) is 37.2 Å². The molecular weight excluding hydrogens is 458 g/mol. The number of hydrogen-bond acceptors (Lipinski definition) is 8. The maximum Gasteiger partial charge on any atom is 0.329 e. The van der Waals surface area contributed by atoms with E-state index in [0.29, 0.717) is 35.1 Å². The maximum atomic E-state index is 12.7. The minimum Gasteiger partial charge on any atom is -0.495 e. The first-order valence-electron chi connectivity index (χ1n) is 11.2. The molecule has 10 heteroatoms. The second kappa shape index (κ2) is 9.92. The summed E-state index contributed by atoms with van der Waals surface area (Å²) in [7, 11) is 1.52. The molecule has 0 spiro atoms. The zero-order valence-electron chi connectivity index (χ0n) is 19.4. The van der Waals surface area contributed by atoms with Gasteiger partial charge in [-0.25, -0.2) is 9.78 Å². The Morgan fingerprint density at radius 1 is 1.18 bits per heavy atom. The highest BCUT2D eigenvalue weighted by atomic mass is 32.1. The van der Waals surface area contributed by atoms with Crippen LogP contribution < -0.4 is 9.64 Å². The van der Waals surface area contributed by atoms with Crippen molar-refractivity contribution >= 4 is 45.8 Å². The van der Waals surface area contributed by atoms with Crippen LogP contribution >= 0.6 is 11.3 Å². The van der Waals surface area contributed by atoms with Crippen LogP contribution in [0.2, 0.25) is 0 Å². The molecule has 4 rings (SSSR count). The van der Waals surface area contributed by atoms with E-state index in [0.717, 1.165) is 17.7 Å². The molecule has 3 atom stereocenters. The highest BCUT2D eigenvalue weighted by Gasteiger charge is 2.51. The van der Waals surface area contributed by atoms with Gasteiger partial charge in [0, 0.05) is 12.3 Å². The Morgan fingerprint density at radius 2 is 1.82 bits per heavy atom. The van der Waals surface area contributed by atoms with Gasteiger partial charge in [0.15, 0.2) is 5.13 Å². The van der Waals surface area contributed by atoms with Crippen LogP contribution in [-0.4, -0.2) is 46.7 Å². The summed E-state index contributed by atoms with van der Waals surface area (Å²) in [4.78, 5) is 57.5. The van der Waals surface area contributed by atoms with Crippen molar-refractivity contribution in [1.29, 1.82) is 0 Å². The molecule has 0 radical (unpaired) electrons. The molecular formula is C24H27N3O6S. The molecule has 2 aromatic rings. The number of carbonyl (C=O) groups is 4. The number of thiazole rings is 1. The van der Waals surface area contributed by atoms with Crippen molar-refractivity contribution < 1.29 is 28.7 Å². The number of imide groups is 1. The molecule has 9 nitrogen and oxygen atoms in total. The van der Waals surface area contributed by atoms with Gasteiger partial charge in [-0.05, 0) is 31.9 Å². The van der Waals surface area contributed by atoms with Gasteiger partial charge in [0.05, 0.1) is 30.3 Å². The smallest absolute Gasteiger partial charge is 0.329 e. The number of benzene rings is 1. The summed E-state index contributed by atoms with van der Waals surface area (Å²) in [5.41, 5.74) is 1.01. The zero-order valence-corrected chi connectivity index (χ0v) is 20.2. The van der Waals surface area contributed by atoms with Gasteiger partial charge in [0.1, 0.15) is 18.4 Å². The number of para-hydroxylation sites is 2. The van der Waals surface area contributed by atoms with Gasteiger partial charge in [0.25, 0.3) is 0 Å². The van der Waals surface area contributed by atoms with Gasteiger partial charge in [0.2, 0.25) is 17.7 Å². The lowest BCUT2D eigenvalue weighted by Gasteiger charge is -2.21. The van der Waals surface area contributed by atoms with Crippen molar-refractivity contribution in [3.63, 3.8) is 0 Å². The highest BCUT2D eigenvalue weighted by molar-refractivity contribution is 7.14. The Labute approximate surface area is 201 Å². The fourth-order valence-electron chi connectivity index (χ4n) is 4.63. The average molecular weight is 486 g/mol. The van der Waals surface area contributed by atoms with Gasteiger partial charge in [-0.3, -0.25) is 24.2 Å². The van der Waals surface area contributed by atoms with Gasteiger partial charge in [-0.2, -0.15) is 0 Å². The molecule has 1 aliphatic heterocycles. The third-order valence-corrected chi connectivity index (χ3v) is 7.21. The minimum absolute atomic E-state index is 0.138. The highest BCUT2D eigenvalue weighted by Crippen LogP contribution is 2.39. The molecule has 180 valence electrons. The first kappa shape index (κ1) is 23.9. The van der Waals surface area contributed by atoms with Crippen molar-refractivity contribution in [1.82, 2.24) is 9.88 Å². The Balaban J connectivity index is 1.43. The van der Waals surface area contributed by atoms with Crippen LogP contribution in [0.3, 0.4) is 0 Å². The van der Waals surface area contributed by atoms with Gasteiger partial charge in [-0.15, -0.1) is 11.3 Å². The van der Waals surface area contributed by atoms with E-state index >= 15 is 0 Å². The van der Waals surface area contributed by atoms with E-state index < -0.39 is 12.0 Å². The number of aromatic nitrogens is 1. The van der Waals surface area contributed by atoms with Crippen molar-refractivity contribution in [2.75, 3.05) is 12.0 Å². The van der Waals surface area contributed by atoms with Crippen LogP contribution in [-0.2, 0) is 30.5 Å². The normalized spacial score (nSPS) is 20.6. The number of likely N-dealkylation sites (tertiary alicyclic amines) is 1. The Hall–Kier alpha value is -3.27. The number of fused-ring (bicyclic) bond motifs is 1. The van der Waals surface area contributed by atoms with E-state index in [9.17, 15) is 19.2 Å². The van der Waals surface area contributed by atoms with Gasteiger partial charge in [-0.1, -0.05) is 25.0 Å². The van der Waals surface area contributed by atoms with Crippen molar-refractivity contribution in [2.24, 2.45) is 11.8 Å². The van der Waals surface area contributed by atoms with E-state index in [4.69, 9.17) is 9.47 Å². The van der Waals surface area contributed by atoms with Crippen LogP contribution in [0.4, 0.5) is 10.8 Å². The maximum absolute atomic E-state index is 12.7. The summed E-state index contributed by atoms with van der Waals surface area (Å²) < 4.78 is 10.8. The van der Waals surface area contributed by atoms with Crippen LogP contribution in [0, 0.1) is 11.8 Å². The number of hydrogen-bond donors (Lipinski definition) is 0. The second-order valence-electron chi connectivity index (χ2n) is 8.48. The predicted molar refractivity (Wildman–Crippen MR) is 124 cm³/mol. The first-order valence-corrected chi connectivity index (χ1v) is 12.1. The molecule has 1 aliphatic carbocycles. The summed E-state index contributed by atoms with van der Waals surface area (Å²) in [5.74, 6) is -1.56. The van der Waals surface area contributed by atoms with E-state index in [2.05, 4.69) is 4.98 Å². The fraction of sp³-hybridized carbons (Fsp3) is 0.458. The van der Waals surface area contributed by atoms with Crippen LogP contribution in [0.25, 0.3) is 0 Å².